The molecule has 2 aliphatic carbocycles. The summed E-state index contributed by atoms with van der Waals surface area (Å²) in [5.41, 5.74) is 6.49. The Bertz CT molecular complexity index is 1950. The minimum absolute atomic E-state index is 0.00375. The first kappa shape index (κ1) is 58.3. The van der Waals surface area contributed by atoms with Crippen molar-refractivity contribution in [2.45, 2.75) is 130 Å². The second-order valence-electron chi connectivity index (χ2n) is 17.3. The molecule has 66 heavy (non-hydrogen) atoms. The number of benzene rings is 2. The highest BCUT2D eigenvalue weighted by atomic mass is 16.6. The zero-order valence-corrected chi connectivity index (χ0v) is 40.2. The van der Waals surface area contributed by atoms with Crippen LogP contribution in [0.1, 0.15) is 104 Å². The number of ketones is 1. The summed E-state index contributed by atoms with van der Waals surface area (Å²) in [7, 11) is 4.25. The molecule has 1 aliphatic heterocycles. The number of aryl methyl sites for hydroxylation is 1. The van der Waals surface area contributed by atoms with Crippen molar-refractivity contribution in [3.63, 3.8) is 0 Å². The average Bonchev–Trinajstić information content (AvgIpc) is 3.35. The third-order valence-electron chi connectivity index (χ3n) is 11.8. The Hall–Kier alpha value is -5.69. The fourth-order valence-electron chi connectivity index (χ4n) is 8.26. The number of carbonyl (C=O) groups excluding carboxylic acids is 5. The van der Waals surface area contributed by atoms with Crippen molar-refractivity contribution in [2.24, 2.45) is 28.2 Å². The largest absolute Gasteiger partial charge is 0.481 e. The number of amides is 2. The van der Waals surface area contributed by atoms with Crippen LogP contribution in [-0.4, -0.2) is 121 Å². The monoisotopic (exact) mass is 930 g/mol. The van der Waals surface area contributed by atoms with E-state index in [1.807, 2.05) is 71.9 Å². The lowest BCUT2D eigenvalue weighted by Crippen LogP contribution is -2.70. The Morgan fingerprint density at radius 2 is 1.29 bits per heavy atom. The van der Waals surface area contributed by atoms with Crippen LogP contribution in [0.4, 0.5) is 4.79 Å². The second kappa shape index (κ2) is 25.9. The molecule has 18 heteroatoms. The van der Waals surface area contributed by atoms with Crippen molar-refractivity contribution in [1.82, 2.24) is 0 Å². The van der Waals surface area contributed by atoms with E-state index in [2.05, 4.69) is 16.2 Å². The molecule has 2 bridgehead atoms. The number of esters is 2. The van der Waals surface area contributed by atoms with E-state index < -0.39 is 82.3 Å². The highest BCUT2D eigenvalue weighted by Crippen LogP contribution is 2.59. The molecule has 1 saturated carbocycles. The van der Waals surface area contributed by atoms with Crippen LogP contribution >= 0.6 is 0 Å². The Balaban J connectivity index is 0.00000103. The molecule has 0 unspecified atom stereocenters. The normalized spacial score (nSPS) is 25.6. The van der Waals surface area contributed by atoms with E-state index in [4.69, 9.17) is 43.5 Å². The van der Waals surface area contributed by atoms with Crippen LogP contribution in [0, 0.1) is 16.7 Å². The van der Waals surface area contributed by atoms with E-state index >= 15 is 4.79 Å². The summed E-state index contributed by atoms with van der Waals surface area (Å²) in [5.74, 6) is -4.14. The number of carboxylic acid groups (broad SMARTS) is 2. The number of ether oxygens (including phenoxy) is 6. The number of carboxylic acids is 2. The fourth-order valence-corrected chi connectivity index (χ4v) is 8.26. The van der Waals surface area contributed by atoms with Gasteiger partial charge in [-0.3, -0.25) is 24.0 Å². The van der Waals surface area contributed by atoms with Crippen molar-refractivity contribution >= 4 is 41.7 Å². The molecule has 18 nitrogen and oxygen atoms in total. The molecular weight excluding hydrogens is 861 g/mol. The van der Waals surface area contributed by atoms with Gasteiger partial charge in [0, 0.05) is 65.1 Å². The summed E-state index contributed by atoms with van der Waals surface area (Å²) in [6.45, 7) is 15.0. The van der Waals surface area contributed by atoms with Gasteiger partial charge in [-0.05, 0) is 63.0 Å². The van der Waals surface area contributed by atoms with Gasteiger partial charge in [-0.1, -0.05) is 69.3 Å². The number of hydrogen-bond acceptors (Lipinski definition) is 14. The summed E-state index contributed by atoms with van der Waals surface area (Å²) < 4.78 is 35.0. The summed E-state index contributed by atoms with van der Waals surface area (Å²) in [6.07, 6.45) is -3.33. The first-order valence-electron chi connectivity index (χ1n) is 21.3. The van der Waals surface area contributed by atoms with Crippen LogP contribution in [0.15, 0.2) is 71.8 Å². The molecule has 5 rings (SSSR count). The first-order chi connectivity index (χ1) is 30.6. The zero-order chi connectivity index (χ0) is 50.8. The van der Waals surface area contributed by atoms with Crippen LogP contribution < -0.4 is 11.5 Å². The number of primary amides is 2. The summed E-state index contributed by atoms with van der Waals surface area (Å²) >= 11 is 0. The van der Waals surface area contributed by atoms with E-state index in [1.165, 1.54) is 14.2 Å². The molecule has 3 aliphatic rings. The number of nitrogens with two attached hydrogens (primary N) is 2. The highest BCUT2D eigenvalue weighted by molar-refractivity contribution is 5.94. The van der Waals surface area contributed by atoms with Crippen molar-refractivity contribution in [3.8, 4) is 0 Å². The maximum Gasteiger partial charge on any atom is 0.404 e. The number of aliphatic hydroxyl groups is 1. The number of methoxy groups -OCH3 is 3. The summed E-state index contributed by atoms with van der Waals surface area (Å²) in [5, 5.41) is 28.1. The third-order valence-corrected chi connectivity index (χ3v) is 11.8. The van der Waals surface area contributed by atoms with Gasteiger partial charge in [0.25, 0.3) is 11.9 Å². The number of Topliss-reactive ketones (excluding diaryl/α,β-unsaturated/α-hetero) is 1. The maximum absolute atomic E-state index is 15.1. The van der Waals surface area contributed by atoms with Gasteiger partial charge < -0.3 is 55.2 Å². The quantitative estimate of drug-likeness (QED) is 0.119. The van der Waals surface area contributed by atoms with Gasteiger partial charge >= 0.3 is 18.0 Å². The molecule has 1 heterocycles. The Morgan fingerprint density at radius 3 is 1.73 bits per heavy atom. The van der Waals surface area contributed by atoms with Crippen molar-refractivity contribution in [2.75, 3.05) is 27.9 Å². The average molecular weight is 931 g/mol. The first-order valence-corrected chi connectivity index (χ1v) is 21.3. The van der Waals surface area contributed by atoms with Crippen LogP contribution in [0.3, 0.4) is 0 Å². The molecule has 2 fully saturated rings. The number of aliphatic carboxylic acids is 2. The number of carbonyl (C=O) groups is 7. The Morgan fingerprint density at radius 1 is 0.803 bits per heavy atom. The third kappa shape index (κ3) is 15.7. The van der Waals surface area contributed by atoms with Crippen LogP contribution in [0.2, 0.25) is 0 Å². The van der Waals surface area contributed by atoms with Crippen molar-refractivity contribution in [1.29, 1.82) is 0 Å². The predicted octanol–water partition coefficient (Wildman–Crippen LogP) is 5.44. The standard InChI is InChI=1S/C39H50O9.C3H7NO.C2H5NO2.2C2H4O2/c1-24-28(47-30(40)20-19-25-15-11-9-12-16-25)21-39(43)34(48-35(42)26-17-13-10-14-18-26)27-23-46-36(2,3)22-29(44-7)38(27,6)33(41)32(45-8)31(24)37(39,4)5;1-2-3(4)5;1-5-2(3)4;2*1-2(3)4/h9-18,27-29,32,34,43H,19-23H2,1-8H3;2H2,1H3,(H2,4,5);1H3,(H2,3,4);2*1H3,(H,3,4)/t27-,28-,29-,32+,34-,38-,39+;;;;/m0..../s1. The number of rotatable bonds is 9. The van der Waals surface area contributed by atoms with Gasteiger partial charge in [-0.2, -0.15) is 0 Å². The van der Waals surface area contributed by atoms with Gasteiger partial charge in [-0.25, -0.2) is 9.59 Å². The SMILES string of the molecule is CC(=O)O.CC(=O)O.CCC(N)=O.COC(N)=O.CO[C@H]1C(=O)[C@]2(C)[C@@H](OC)CC(C)(C)OC[C@H]2[C@H](OC(=O)c2ccccc2)[C@]2(O)C[C@H](OC(=O)CCc3ccccc3)C(C)=C1C2(C)C. The minimum atomic E-state index is -1.84. The van der Waals surface area contributed by atoms with Crippen molar-refractivity contribution in [3.05, 3.63) is 82.9 Å². The Labute approximate surface area is 387 Å². The van der Waals surface area contributed by atoms with E-state index in [1.54, 1.807) is 44.4 Å². The topological polar surface area (TPSA) is 288 Å². The lowest BCUT2D eigenvalue weighted by atomic mass is 9.50. The van der Waals surface area contributed by atoms with Gasteiger partial charge in [-0.15, -0.1) is 0 Å². The molecule has 2 amide bonds. The van der Waals surface area contributed by atoms with Crippen LogP contribution in [-0.2, 0) is 58.8 Å². The van der Waals surface area contributed by atoms with Crippen molar-refractivity contribution < 1.29 is 77.3 Å². The smallest absolute Gasteiger partial charge is 0.404 e. The maximum atomic E-state index is 15.1. The highest BCUT2D eigenvalue weighted by Gasteiger charge is 2.69. The van der Waals surface area contributed by atoms with Gasteiger partial charge in [0.2, 0.25) is 5.91 Å². The zero-order valence-electron chi connectivity index (χ0n) is 40.2. The lowest BCUT2D eigenvalue weighted by Gasteiger charge is -2.59. The molecule has 1 saturated heterocycles. The molecule has 0 aromatic heterocycles. The molecule has 7 atom stereocenters. The lowest BCUT2D eigenvalue weighted by molar-refractivity contribution is -0.220. The van der Waals surface area contributed by atoms with E-state index in [0.717, 1.165) is 19.4 Å². The molecule has 2 aromatic carbocycles. The van der Waals surface area contributed by atoms with E-state index in [0.29, 0.717) is 36.0 Å². The Kier molecular flexibility index (Phi) is 22.9. The number of fused-ring (bicyclic) bond motifs is 3. The summed E-state index contributed by atoms with van der Waals surface area (Å²) in [6, 6.07) is 18.2. The van der Waals surface area contributed by atoms with E-state index in [-0.39, 0.29) is 31.1 Å². The second-order valence-corrected chi connectivity index (χ2v) is 17.3. The molecule has 7 N–H and O–H groups in total. The van der Waals surface area contributed by atoms with Crippen LogP contribution in [0.25, 0.3) is 0 Å². The molecular formula is C48H70N2O16. The molecule has 2 aromatic rings. The molecule has 0 spiro atoms. The van der Waals surface area contributed by atoms with E-state index in [9.17, 15) is 24.3 Å². The van der Waals surface area contributed by atoms with Gasteiger partial charge in [0.05, 0.1) is 36.4 Å². The van der Waals surface area contributed by atoms with Gasteiger partial charge in [0.15, 0.2) is 5.78 Å². The molecule has 0 radical (unpaired) electrons. The van der Waals surface area contributed by atoms with Crippen LogP contribution in [0.5, 0.6) is 0 Å². The minimum Gasteiger partial charge on any atom is -0.481 e. The van der Waals surface area contributed by atoms with Gasteiger partial charge in [0.1, 0.15) is 23.9 Å². The fraction of sp³-hybridized carbons (Fsp3) is 0.562. The predicted molar refractivity (Wildman–Crippen MR) is 242 cm³/mol. The summed E-state index contributed by atoms with van der Waals surface area (Å²) in [4.78, 5) is 79.3. The molecule has 368 valence electrons. The number of hydrogen-bond donors (Lipinski definition) is 5.